The van der Waals surface area contributed by atoms with Crippen molar-refractivity contribution >= 4 is 32.9 Å². The van der Waals surface area contributed by atoms with Gasteiger partial charge in [0.1, 0.15) is 16.5 Å². The van der Waals surface area contributed by atoms with Crippen molar-refractivity contribution < 1.29 is 13.9 Å². The number of halogens is 1. The van der Waals surface area contributed by atoms with Crippen molar-refractivity contribution in [3.63, 3.8) is 0 Å². The second kappa shape index (κ2) is 6.28. The summed E-state index contributed by atoms with van der Waals surface area (Å²) in [6, 6.07) is 9.90. The van der Waals surface area contributed by atoms with Gasteiger partial charge in [-0.15, -0.1) is 0 Å². The molecule has 0 aliphatic heterocycles. The number of benzene rings is 1. The number of carbonyl (C=O) groups excluding carboxylic acids is 1. The van der Waals surface area contributed by atoms with Gasteiger partial charge < -0.3 is 13.7 Å². The standard InChI is InChI=1S/C18H16BrNO4/c1-10(11-7-5-4-6-8-11)12-9-20(2)17(21)13-14(18(22)23-3)16(19)24-15(12)13/h4-10H,1-3H3. The van der Waals surface area contributed by atoms with Gasteiger partial charge in [-0.25, -0.2) is 4.79 Å². The van der Waals surface area contributed by atoms with Crippen molar-refractivity contribution in [3.05, 3.63) is 68.2 Å². The predicted molar refractivity (Wildman–Crippen MR) is 94.5 cm³/mol. The first kappa shape index (κ1) is 16.5. The Bertz CT molecular complexity index is 972. The fourth-order valence-electron chi connectivity index (χ4n) is 2.83. The number of furan rings is 1. The molecule has 1 aromatic carbocycles. The zero-order valence-electron chi connectivity index (χ0n) is 13.5. The molecule has 3 rings (SSSR count). The molecule has 0 N–H and O–H groups in total. The van der Waals surface area contributed by atoms with Crippen molar-refractivity contribution in [1.82, 2.24) is 4.57 Å². The molecule has 0 aliphatic rings. The second-order valence-electron chi connectivity index (χ2n) is 5.58. The van der Waals surface area contributed by atoms with E-state index in [0.717, 1.165) is 11.1 Å². The third kappa shape index (κ3) is 2.57. The molecule has 0 saturated carbocycles. The monoisotopic (exact) mass is 389 g/mol. The molecular formula is C18H16BrNO4. The molecule has 1 atom stereocenters. The Morgan fingerprint density at radius 1 is 1.29 bits per heavy atom. The Morgan fingerprint density at radius 3 is 2.58 bits per heavy atom. The van der Waals surface area contributed by atoms with Crippen LogP contribution < -0.4 is 5.56 Å². The summed E-state index contributed by atoms with van der Waals surface area (Å²) in [4.78, 5) is 24.6. The molecule has 0 fully saturated rings. The van der Waals surface area contributed by atoms with Crippen LogP contribution in [0.5, 0.6) is 0 Å². The molecule has 0 radical (unpaired) electrons. The van der Waals surface area contributed by atoms with Crippen LogP contribution in [0.25, 0.3) is 11.0 Å². The SMILES string of the molecule is COC(=O)c1c(Br)oc2c(C(C)c3ccccc3)cn(C)c(=O)c12. The summed E-state index contributed by atoms with van der Waals surface area (Å²) in [5.41, 5.74) is 2.14. The van der Waals surface area contributed by atoms with Crippen molar-refractivity contribution in [1.29, 1.82) is 0 Å². The molecule has 2 heterocycles. The fraction of sp³-hybridized carbons (Fsp3) is 0.222. The van der Waals surface area contributed by atoms with Crippen molar-refractivity contribution in [3.8, 4) is 0 Å². The van der Waals surface area contributed by atoms with E-state index < -0.39 is 5.97 Å². The first-order valence-corrected chi connectivity index (χ1v) is 8.19. The predicted octanol–water partition coefficient (Wildman–Crippen LogP) is 3.83. The van der Waals surface area contributed by atoms with Crippen LogP contribution in [0.2, 0.25) is 0 Å². The number of esters is 1. The third-order valence-electron chi connectivity index (χ3n) is 4.15. The highest BCUT2D eigenvalue weighted by atomic mass is 79.9. The minimum Gasteiger partial charge on any atom is -0.465 e. The van der Waals surface area contributed by atoms with Crippen molar-refractivity contribution in [2.45, 2.75) is 12.8 Å². The number of rotatable bonds is 3. The van der Waals surface area contributed by atoms with Crippen LogP contribution >= 0.6 is 15.9 Å². The minimum absolute atomic E-state index is 0.0101. The van der Waals surface area contributed by atoms with Gasteiger partial charge in [0.2, 0.25) is 0 Å². The maximum atomic E-state index is 12.6. The summed E-state index contributed by atoms with van der Waals surface area (Å²) >= 11 is 3.23. The Labute approximate surface area is 147 Å². The highest BCUT2D eigenvalue weighted by Crippen LogP contribution is 2.35. The number of aryl methyl sites for hydroxylation is 1. The van der Waals surface area contributed by atoms with Gasteiger partial charge in [-0.1, -0.05) is 37.3 Å². The molecule has 5 nitrogen and oxygen atoms in total. The molecule has 0 aliphatic carbocycles. The molecule has 3 aromatic rings. The number of hydrogen-bond acceptors (Lipinski definition) is 4. The third-order valence-corrected chi connectivity index (χ3v) is 4.71. The molecule has 1 unspecified atom stereocenters. The van der Waals surface area contributed by atoms with Gasteiger partial charge in [-0.2, -0.15) is 0 Å². The summed E-state index contributed by atoms with van der Waals surface area (Å²) in [5, 5.41) is 0.233. The number of ether oxygens (including phenoxy) is 1. The second-order valence-corrected chi connectivity index (χ2v) is 6.30. The molecule has 24 heavy (non-hydrogen) atoms. The van der Waals surface area contributed by atoms with E-state index in [0.29, 0.717) is 5.58 Å². The van der Waals surface area contributed by atoms with E-state index in [4.69, 9.17) is 9.15 Å². The maximum absolute atomic E-state index is 12.6. The fourth-order valence-corrected chi connectivity index (χ4v) is 3.35. The van der Waals surface area contributed by atoms with Crippen molar-refractivity contribution in [2.75, 3.05) is 7.11 Å². The molecule has 6 heteroatoms. The van der Waals surface area contributed by atoms with Crippen LogP contribution in [0.4, 0.5) is 0 Å². The average molecular weight is 390 g/mol. The Kier molecular flexibility index (Phi) is 4.32. The quantitative estimate of drug-likeness (QED) is 0.638. The smallest absolute Gasteiger partial charge is 0.343 e. The molecular weight excluding hydrogens is 374 g/mol. The maximum Gasteiger partial charge on any atom is 0.343 e. The highest BCUT2D eigenvalue weighted by Gasteiger charge is 2.27. The van der Waals surface area contributed by atoms with Crippen LogP contribution in [-0.4, -0.2) is 17.6 Å². The van der Waals surface area contributed by atoms with Crippen molar-refractivity contribution in [2.24, 2.45) is 7.05 Å². The Balaban J connectivity index is 2.33. The average Bonchev–Trinajstić information content (AvgIpc) is 2.95. The van der Waals surface area contributed by atoms with E-state index in [2.05, 4.69) is 15.9 Å². The lowest BCUT2D eigenvalue weighted by Gasteiger charge is -2.14. The molecule has 0 amide bonds. The van der Waals surface area contributed by atoms with Gasteiger partial charge >= 0.3 is 5.97 Å². The normalized spacial score (nSPS) is 12.3. The zero-order valence-corrected chi connectivity index (χ0v) is 15.1. The summed E-state index contributed by atoms with van der Waals surface area (Å²) in [5.74, 6) is -0.619. The van der Waals surface area contributed by atoms with E-state index in [-0.39, 0.29) is 27.1 Å². The molecule has 124 valence electrons. The lowest BCUT2D eigenvalue weighted by molar-refractivity contribution is 0.0600. The molecule has 2 aromatic heterocycles. The number of hydrogen-bond donors (Lipinski definition) is 0. The van der Waals surface area contributed by atoms with E-state index in [1.807, 2.05) is 37.3 Å². The summed E-state index contributed by atoms with van der Waals surface area (Å²) < 4.78 is 12.2. The lowest BCUT2D eigenvalue weighted by Crippen LogP contribution is -2.19. The summed E-state index contributed by atoms with van der Waals surface area (Å²) in [7, 11) is 2.93. The number of methoxy groups -OCH3 is 1. The van der Waals surface area contributed by atoms with Gasteiger partial charge in [0.05, 0.1) is 7.11 Å². The van der Waals surface area contributed by atoms with Crippen LogP contribution in [0.1, 0.15) is 34.3 Å². The minimum atomic E-state index is -0.609. The van der Waals surface area contributed by atoms with E-state index in [1.165, 1.54) is 11.7 Å². The highest BCUT2D eigenvalue weighted by molar-refractivity contribution is 9.10. The number of pyridine rings is 1. The molecule has 0 saturated heterocycles. The van der Waals surface area contributed by atoms with Gasteiger partial charge in [-0.05, 0) is 21.5 Å². The topological polar surface area (TPSA) is 61.4 Å². The lowest BCUT2D eigenvalue weighted by atomic mass is 9.93. The Hall–Kier alpha value is -2.34. The van der Waals surface area contributed by atoms with Gasteiger partial charge in [0.15, 0.2) is 4.67 Å². The molecule has 0 bridgehead atoms. The largest absolute Gasteiger partial charge is 0.465 e. The first-order chi connectivity index (χ1) is 11.5. The van der Waals surface area contributed by atoms with E-state index in [9.17, 15) is 9.59 Å². The number of aromatic nitrogens is 1. The van der Waals surface area contributed by atoms with Crippen LogP contribution in [0.15, 0.2) is 50.4 Å². The van der Waals surface area contributed by atoms with Gasteiger partial charge in [0.25, 0.3) is 5.56 Å². The molecule has 0 spiro atoms. The van der Waals surface area contributed by atoms with E-state index >= 15 is 0 Å². The van der Waals surface area contributed by atoms with Crippen LogP contribution in [0.3, 0.4) is 0 Å². The summed E-state index contributed by atoms with van der Waals surface area (Å²) in [6.07, 6.45) is 1.75. The van der Waals surface area contributed by atoms with Gasteiger partial charge in [0, 0.05) is 24.7 Å². The number of nitrogens with zero attached hydrogens (tertiary/aromatic N) is 1. The number of carbonyl (C=O) groups is 1. The number of fused-ring (bicyclic) bond motifs is 1. The Morgan fingerprint density at radius 2 is 1.96 bits per heavy atom. The zero-order chi connectivity index (χ0) is 17.4. The van der Waals surface area contributed by atoms with Crippen LogP contribution in [0, 0.1) is 0 Å². The van der Waals surface area contributed by atoms with Gasteiger partial charge in [-0.3, -0.25) is 4.79 Å². The first-order valence-electron chi connectivity index (χ1n) is 7.40. The van der Waals surface area contributed by atoms with E-state index in [1.54, 1.807) is 13.2 Å². The summed E-state index contributed by atoms with van der Waals surface area (Å²) in [6.45, 7) is 2.03. The van der Waals surface area contributed by atoms with Crippen LogP contribution in [-0.2, 0) is 11.8 Å².